The second-order valence-corrected chi connectivity index (χ2v) is 5.54. The molecule has 2 fully saturated rings. The largest absolute Gasteiger partial charge is 0.481 e. The van der Waals surface area contributed by atoms with Crippen LogP contribution >= 0.6 is 0 Å². The quantitative estimate of drug-likeness (QED) is 0.588. The number of carbonyl (C=O) groups is 3. The summed E-state index contributed by atoms with van der Waals surface area (Å²) in [6, 6.07) is -0.680. The predicted octanol–water partition coefficient (Wildman–Crippen LogP) is -0.935. The molecule has 1 atom stereocenters. The van der Waals surface area contributed by atoms with Crippen molar-refractivity contribution in [2.45, 2.75) is 31.3 Å². The minimum atomic E-state index is -1.09. The number of carboxylic acids is 1. The third-order valence-electron chi connectivity index (χ3n) is 3.87. The molecule has 0 aromatic carbocycles. The molecular formula is C13H22N4O4. The number of aliphatic carboxylic acids is 1. The third kappa shape index (κ3) is 4.32. The fraction of sp³-hybridized carbons (Fsp3) is 0.769. The molecule has 1 heterocycles. The number of hydrogen-bond donors (Lipinski definition) is 3. The number of rotatable bonds is 6. The lowest BCUT2D eigenvalue weighted by Gasteiger charge is -2.34. The monoisotopic (exact) mass is 298 g/mol. The number of piperazine rings is 1. The minimum absolute atomic E-state index is 0.327. The molecule has 1 saturated heterocycles. The maximum absolute atomic E-state index is 12.1. The fourth-order valence-corrected chi connectivity index (χ4v) is 2.46. The summed E-state index contributed by atoms with van der Waals surface area (Å²) in [6.45, 7) is 1.92. The van der Waals surface area contributed by atoms with Crippen molar-refractivity contribution in [1.82, 2.24) is 20.4 Å². The van der Waals surface area contributed by atoms with Crippen molar-refractivity contribution in [2.24, 2.45) is 0 Å². The Balaban J connectivity index is 1.82. The van der Waals surface area contributed by atoms with Crippen LogP contribution < -0.4 is 10.6 Å². The van der Waals surface area contributed by atoms with Crippen LogP contribution in [0.5, 0.6) is 0 Å². The van der Waals surface area contributed by atoms with Gasteiger partial charge in [0, 0.05) is 32.2 Å². The van der Waals surface area contributed by atoms with Gasteiger partial charge in [0.2, 0.25) is 5.91 Å². The minimum Gasteiger partial charge on any atom is -0.481 e. The molecule has 1 unspecified atom stereocenters. The summed E-state index contributed by atoms with van der Waals surface area (Å²) in [6.07, 6.45) is 2.04. The molecule has 1 saturated carbocycles. The Labute approximate surface area is 123 Å². The molecule has 0 aromatic rings. The summed E-state index contributed by atoms with van der Waals surface area (Å²) in [4.78, 5) is 38.2. The van der Waals surface area contributed by atoms with E-state index in [2.05, 4.69) is 15.5 Å². The van der Waals surface area contributed by atoms with E-state index >= 15 is 0 Å². The highest BCUT2D eigenvalue weighted by Crippen LogP contribution is 2.24. The Morgan fingerprint density at radius 1 is 1.48 bits per heavy atom. The van der Waals surface area contributed by atoms with Crippen LogP contribution in [0.1, 0.15) is 19.3 Å². The molecule has 0 radical (unpaired) electrons. The lowest BCUT2D eigenvalue weighted by Crippen LogP contribution is -2.60. The molecule has 3 amide bonds. The second kappa shape index (κ2) is 6.75. The van der Waals surface area contributed by atoms with Crippen molar-refractivity contribution >= 4 is 17.9 Å². The number of nitrogens with zero attached hydrogens (tertiary/aromatic N) is 2. The molecule has 3 N–H and O–H groups in total. The van der Waals surface area contributed by atoms with E-state index in [1.807, 2.05) is 7.05 Å². The Morgan fingerprint density at radius 2 is 2.19 bits per heavy atom. The van der Waals surface area contributed by atoms with Crippen molar-refractivity contribution < 1.29 is 19.5 Å². The molecule has 0 aromatic heterocycles. The first-order valence-corrected chi connectivity index (χ1v) is 7.23. The van der Waals surface area contributed by atoms with E-state index in [0.717, 1.165) is 6.54 Å². The number of carbonyl (C=O) groups excluding carboxylic acids is 2. The van der Waals surface area contributed by atoms with Crippen molar-refractivity contribution in [1.29, 1.82) is 0 Å². The number of nitrogens with one attached hydrogen (secondary N) is 2. The highest BCUT2D eigenvalue weighted by atomic mass is 16.4. The SMILES string of the molecule is CN(CCNC(=O)N1CCNC(=O)C1CC(=O)O)C1CC1. The molecule has 1 aliphatic heterocycles. The zero-order chi connectivity index (χ0) is 15.4. The number of urea groups is 1. The summed E-state index contributed by atoms with van der Waals surface area (Å²) in [5, 5.41) is 14.2. The summed E-state index contributed by atoms with van der Waals surface area (Å²) < 4.78 is 0. The number of hydrogen-bond acceptors (Lipinski definition) is 4. The van der Waals surface area contributed by atoms with Gasteiger partial charge in [-0.15, -0.1) is 0 Å². The van der Waals surface area contributed by atoms with Crippen LogP contribution in [-0.2, 0) is 9.59 Å². The average molecular weight is 298 g/mol. The van der Waals surface area contributed by atoms with Crippen LogP contribution in [0.2, 0.25) is 0 Å². The van der Waals surface area contributed by atoms with Gasteiger partial charge in [-0.05, 0) is 19.9 Å². The van der Waals surface area contributed by atoms with Gasteiger partial charge in [-0.1, -0.05) is 0 Å². The second-order valence-electron chi connectivity index (χ2n) is 5.54. The van der Waals surface area contributed by atoms with E-state index < -0.39 is 17.9 Å². The van der Waals surface area contributed by atoms with E-state index in [1.165, 1.54) is 17.7 Å². The highest BCUT2D eigenvalue weighted by Gasteiger charge is 2.34. The van der Waals surface area contributed by atoms with E-state index in [0.29, 0.717) is 25.7 Å². The number of likely N-dealkylation sites (N-methyl/N-ethyl adjacent to an activating group) is 1. The van der Waals surface area contributed by atoms with Crippen LogP contribution in [0.25, 0.3) is 0 Å². The predicted molar refractivity (Wildman–Crippen MR) is 74.8 cm³/mol. The fourth-order valence-electron chi connectivity index (χ4n) is 2.46. The van der Waals surface area contributed by atoms with Crippen LogP contribution in [0.15, 0.2) is 0 Å². The molecule has 1 aliphatic carbocycles. The van der Waals surface area contributed by atoms with E-state index in [1.54, 1.807) is 0 Å². The van der Waals surface area contributed by atoms with Gasteiger partial charge >= 0.3 is 12.0 Å². The van der Waals surface area contributed by atoms with Gasteiger partial charge in [0.05, 0.1) is 6.42 Å². The van der Waals surface area contributed by atoms with Crippen LogP contribution in [-0.4, -0.2) is 78.1 Å². The van der Waals surface area contributed by atoms with Crippen molar-refractivity contribution in [2.75, 3.05) is 33.2 Å². The van der Waals surface area contributed by atoms with Crippen molar-refractivity contribution in [3.8, 4) is 0 Å². The third-order valence-corrected chi connectivity index (χ3v) is 3.87. The van der Waals surface area contributed by atoms with E-state index in [4.69, 9.17) is 5.11 Å². The summed E-state index contributed by atoms with van der Waals surface area (Å²) in [7, 11) is 2.02. The lowest BCUT2D eigenvalue weighted by molar-refractivity contribution is -0.142. The van der Waals surface area contributed by atoms with Crippen LogP contribution in [0.3, 0.4) is 0 Å². The Hall–Kier alpha value is -1.83. The van der Waals surface area contributed by atoms with Gasteiger partial charge < -0.3 is 25.5 Å². The maximum Gasteiger partial charge on any atom is 0.318 e. The normalized spacial score (nSPS) is 22.1. The van der Waals surface area contributed by atoms with Gasteiger partial charge in [-0.3, -0.25) is 9.59 Å². The van der Waals surface area contributed by atoms with Gasteiger partial charge in [-0.25, -0.2) is 4.79 Å². The number of amides is 3. The molecule has 8 heteroatoms. The van der Waals surface area contributed by atoms with Gasteiger partial charge in [0.25, 0.3) is 0 Å². The number of carboxylic acid groups (broad SMARTS) is 1. The van der Waals surface area contributed by atoms with Gasteiger partial charge in [-0.2, -0.15) is 0 Å². The van der Waals surface area contributed by atoms with E-state index in [-0.39, 0.29) is 12.5 Å². The molecule has 0 bridgehead atoms. The van der Waals surface area contributed by atoms with Crippen molar-refractivity contribution in [3.05, 3.63) is 0 Å². The molecule has 21 heavy (non-hydrogen) atoms. The lowest BCUT2D eigenvalue weighted by atomic mass is 10.1. The first-order valence-electron chi connectivity index (χ1n) is 7.23. The summed E-state index contributed by atoms with van der Waals surface area (Å²) in [5.41, 5.74) is 0. The Morgan fingerprint density at radius 3 is 2.81 bits per heavy atom. The highest BCUT2D eigenvalue weighted by molar-refractivity contribution is 5.91. The zero-order valence-electron chi connectivity index (χ0n) is 12.2. The summed E-state index contributed by atoms with van der Waals surface area (Å²) in [5.74, 6) is -1.50. The smallest absolute Gasteiger partial charge is 0.318 e. The molecule has 2 rings (SSSR count). The average Bonchev–Trinajstić information content (AvgIpc) is 3.24. The maximum atomic E-state index is 12.1. The zero-order valence-corrected chi connectivity index (χ0v) is 12.2. The van der Waals surface area contributed by atoms with Crippen LogP contribution in [0, 0.1) is 0 Å². The molecule has 118 valence electrons. The van der Waals surface area contributed by atoms with Gasteiger partial charge in [0.1, 0.15) is 6.04 Å². The molecule has 2 aliphatic rings. The van der Waals surface area contributed by atoms with E-state index in [9.17, 15) is 14.4 Å². The standard InChI is InChI=1S/C13H22N4O4/c1-16(9-2-3-9)6-4-15-13(21)17-7-5-14-12(20)10(17)8-11(18)19/h9-10H,2-8H2,1H3,(H,14,20)(H,15,21)(H,18,19). The van der Waals surface area contributed by atoms with Crippen LogP contribution in [0.4, 0.5) is 4.79 Å². The Kier molecular flexibility index (Phi) is 5.00. The first-order chi connectivity index (χ1) is 9.99. The van der Waals surface area contributed by atoms with Crippen molar-refractivity contribution in [3.63, 3.8) is 0 Å². The summed E-state index contributed by atoms with van der Waals surface area (Å²) >= 11 is 0. The topological polar surface area (TPSA) is 102 Å². The molecular weight excluding hydrogens is 276 g/mol. The first kappa shape index (κ1) is 15.6. The molecule has 8 nitrogen and oxygen atoms in total. The Bertz CT molecular complexity index is 424. The van der Waals surface area contributed by atoms with Gasteiger partial charge in [0.15, 0.2) is 0 Å². The molecule has 0 spiro atoms.